The lowest BCUT2D eigenvalue weighted by atomic mass is 9.93. The second-order valence-corrected chi connectivity index (χ2v) is 4.94. The third-order valence-electron chi connectivity index (χ3n) is 2.92. The molecule has 3 N–H and O–H groups in total. The van der Waals surface area contributed by atoms with Crippen molar-refractivity contribution in [2.24, 2.45) is 11.7 Å². The monoisotopic (exact) mass is 244 g/mol. The van der Waals surface area contributed by atoms with Crippen LogP contribution in [0.1, 0.15) is 47.0 Å². The summed E-state index contributed by atoms with van der Waals surface area (Å²) in [6, 6.07) is 0. The van der Waals surface area contributed by atoms with Crippen molar-refractivity contribution < 1.29 is 9.53 Å². The summed E-state index contributed by atoms with van der Waals surface area (Å²) in [5.74, 6) is 0.507. The Morgan fingerprint density at radius 1 is 1.35 bits per heavy atom. The van der Waals surface area contributed by atoms with Crippen LogP contribution in [0.3, 0.4) is 0 Å². The molecule has 4 nitrogen and oxygen atoms in total. The molecule has 0 aromatic heterocycles. The van der Waals surface area contributed by atoms with Gasteiger partial charge in [0.15, 0.2) is 0 Å². The minimum Gasteiger partial charge on any atom is -0.381 e. The molecule has 0 fully saturated rings. The Morgan fingerprint density at radius 3 is 2.41 bits per heavy atom. The Hall–Kier alpha value is -0.610. The van der Waals surface area contributed by atoms with Gasteiger partial charge in [0.05, 0.1) is 5.54 Å². The largest absolute Gasteiger partial charge is 0.381 e. The molecule has 0 spiro atoms. The van der Waals surface area contributed by atoms with Gasteiger partial charge in [-0.3, -0.25) is 4.79 Å². The fourth-order valence-corrected chi connectivity index (χ4v) is 1.44. The van der Waals surface area contributed by atoms with Crippen LogP contribution in [0.5, 0.6) is 0 Å². The van der Waals surface area contributed by atoms with Crippen molar-refractivity contribution in [2.75, 3.05) is 19.8 Å². The van der Waals surface area contributed by atoms with E-state index in [1.54, 1.807) is 0 Å². The highest BCUT2D eigenvalue weighted by atomic mass is 16.5. The summed E-state index contributed by atoms with van der Waals surface area (Å²) >= 11 is 0. The van der Waals surface area contributed by atoms with E-state index in [4.69, 9.17) is 10.5 Å². The number of hydrogen-bond acceptors (Lipinski definition) is 3. The van der Waals surface area contributed by atoms with Gasteiger partial charge in [0, 0.05) is 19.8 Å². The van der Waals surface area contributed by atoms with Crippen LogP contribution in [0.25, 0.3) is 0 Å². The molecule has 4 heteroatoms. The lowest BCUT2D eigenvalue weighted by Gasteiger charge is -2.25. The molecule has 0 aliphatic heterocycles. The van der Waals surface area contributed by atoms with Crippen LogP contribution in [0.15, 0.2) is 0 Å². The molecular weight excluding hydrogens is 216 g/mol. The van der Waals surface area contributed by atoms with Crippen molar-refractivity contribution in [1.29, 1.82) is 0 Å². The van der Waals surface area contributed by atoms with Gasteiger partial charge >= 0.3 is 0 Å². The van der Waals surface area contributed by atoms with Gasteiger partial charge in [-0.2, -0.15) is 0 Å². The van der Waals surface area contributed by atoms with E-state index >= 15 is 0 Å². The number of rotatable bonds is 9. The van der Waals surface area contributed by atoms with Crippen LogP contribution in [-0.4, -0.2) is 31.2 Å². The Labute approximate surface area is 105 Å². The summed E-state index contributed by atoms with van der Waals surface area (Å²) in [6.45, 7) is 10.2. The van der Waals surface area contributed by atoms with Gasteiger partial charge in [-0.25, -0.2) is 0 Å². The Balaban J connectivity index is 3.64. The summed E-state index contributed by atoms with van der Waals surface area (Å²) in [6.07, 6.45) is 2.17. The van der Waals surface area contributed by atoms with E-state index in [1.807, 2.05) is 13.8 Å². The van der Waals surface area contributed by atoms with Crippen LogP contribution in [0.4, 0.5) is 0 Å². The quantitative estimate of drug-likeness (QED) is 0.607. The van der Waals surface area contributed by atoms with Crippen molar-refractivity contribution in [1.82, 2.24) is 5.32 Å². The fraction of sp³-hybridized carbons (Fsp3) is 0.923. The lowest BCUT2D eigenvalue weighted by molar-refractivity contribution is -0.126. The zero-order valence-electron chi connectivity index (χ0n) is 11.7. The average Bonchev–Trinajstić information content (AvgIpc) is 2.31. The van der Waals surface area contributed by atoms with Crippen LogP contribution < -0.4 is 11.1 Å². The summed E-state index contributed by atoms with van der Waals surface area (Å²) in [5.41, 5.74) is 5.27. The molecule has 0 radical (unpaired) electrons. The number of carbonyl (C=O) groups excluding carboxylic acids is 1. The lowest BCUT2D eigenvalue weighted by Crippen LogP contribution is -2.53. The third kappa shape index (κ3) is 6.64. The molecule has 1 amide bonds. The van der Waals surface area contributed by atoms with Crippen molar-refractivity contribution in [2.45, 2.75) is 52.5 Å². The highest BCUT2D eigenvalue weighted by molar-refractivity contribution is 5.85. The Bertz CT molecular complexity index is 213. The Morgan fingerprint density at radius 2 is 1.94 bits per heavy atom. The first-order valence-corrected chi connectivity index (χ1v) is 6.61. The van der Waals surface area contributed by atoms with Crippen molar-refractivity contribution in [3.63, 3.8) is 0 Å². The number of ether oxygens (including phenoxy) is 1. The standard InChI is InChI=1S/C13H28N2O2/c1-5-13(14,6-2)12(16)15-8-7-9-17-10-11(3)4/h11H,5-10,14H2,1-4H3,(H,15,16). The van der Waals surface area contributed by atoms with Gasteiger partial charge in [-0.05, 0) is 25.2 Å². The van der Waals surface area contributed by atoms with Gasteiger partial charge in [0.25, 0.3) is 0 Å². The molecule has 0 saturated carbocycles. The summed E-state index contributed by atoms with van der Waals surface area (Å²) in [5, 5.41) is 2.87. The number of nitrogens with two attached hydrogens (primary N) is 1. The first-order chi connectivity index (χ1) is 7.96. The summed E-state index contributed by atoms with van der Waals surface area (Å²) < 4.78 is 5.43. The maximum Gasteiger partial charge on any atom is 0.240 e. The predicted molar refractivity (Wildman–Crippen MR) is 70.8 cm³/mol. The van der Waals surface area contributed by atoms with E-state index in [0.717, 1.165) is 13.0 Å². The van der Waals surface area contributed by atoms with Crippen LogP contribution >= 0.6 is 0 Å². The highest BCUT2D eigenvalue weighted by Gasteiger charge is 2.29. The molecule has 0 bridgehead atoms. The van der Waals surface area contributed by atoms with Crippen LogP contribution in [0.2, 0.25) is 0 Å². The smallest absolute Gasteiger partial charge is 0.240 e. The number of amides is 1. The normalized spacial score (nSPS) is 11.9. The molecule has 0 rings (SSSR count). The third-order valence-corrected chi connectivity index (χ3v) is 2.92. The summed E-state index contributed by atoms with van der Waals surface area (Å²) in [4.78, 5) is 11.8. The first kappa shape index (κ1) is 16.4. The molecule has 0 aliphatic carbocycles. The molecule has 0 heterocycles. The molecule has 0 aromatic carbocycles. The van der Waals surface area contributed by atoms with Gasteiger partial charge < -0.3 is 15.8 Å². The van der Waals surface area contributed by atoms with Gasteiger partial charge in [0.1, 0.15) is 0 Å². The average molecular weight is 244 g/mol. The van der Waals surface area contributed by atoms with E-state index < -0.39 is 5.54 Å². The van der Waals surface area contributed by atoms with Crippen molar-refractivity contribution in [3.05, 3.63) is 0 Å². The fourth-order valence-electron chi connectivity index (χ4n) is 1.44. The second-order valence-electron chi connectivity index (χ2n) is 4.94. The van der Waals surface area contributed by atoms with Crippen molar-refractivity contribution >= 4 is 5.91 Å². The highest BCUT2D eigenvalue weighted by Crippen LogP contribution is 2.10. The predicted octanol–water partition coefficient (Wildman–Crippen LogP) is 1.68. The number of hydrogen-bond donors (Lipinski definition) is 2. The minimum absolute atomic E-state index is 0.0497. The van der Waals surface area contributed by atoms with E-state index in [0.29, 0.717) is 31.9 Å². The summed E-state index contributed by atoms with van der Waals surface area (Å²) in [7, 11) is 0. The van der Waals surface area contributed by atoms with E-state index in [2.05, 4.69) is 19.2 Å². The van der Waals surface area contributed by atoms with Gasteiger partial charge in [0.2, 0.25) is 5.91 Å². The second kappa shape index (κ2) is 8.48. The molecule has 0 aromatic rings. The molecule has 0 atom stereocenters. The molecule has 17 heavy (non-hydrogen) atoms. The maximum atomic E-state index is 11.8. The van der Waals surface area contributed by atoms with Gasteiger partial charge in [-0.15, -0.1) is 0 Å². The van der Waals surface area contributed by atoms with Gasteiger partial charge in [-0.1, -0.05) is 27.7 Å². The topological polar surface area (TPSA) is 64.4 Å². The van der Waals surface area contributed by atoms with Crippen LogP contribution in [0, 0.1) is 5.92 Å². The number of nitrogens with one attached hydrogen (secondary N) is 1. The SMILES string of the molecule is CCC(N)(CC)C(=O)NCCCOCC(C)C. The molecule has 0 unspecified atom stereocenters. The number of carbonyl (C=O) groups is 1. The van der Waals surface area contributed by atoms with E-state index in [-0.39, 0.29) is 5.91 Å². The zero-order chi connectivity index (χ0) is 13.3. The molecule has 0 aliphatic rings. The van der Waals surface area contributed by atoms with Crippen molar-refractivity contribution in [3.8, 4) is 0 Å². The zero-order valence-corrected chi connectivity index (χ0v) is 11.7. The minimum atomic E-state index is -0.710. The maximum absolute atomic E-state index is 11.8. The van der Waals surface area contributed by atoms with Crippen LogP contribution in [-0.2, 0) is 9.53 Å². The first-order valence-electron chi connectivity index (χ1n) is 6.61. The van der Waals surface area contributed by atoms with E-state index in [1.165, 1.54) is 0 Å². The Kier molecular flexibility index (Phi) is 8.17. The molecule has 102 valence electrons. The molecule has 0 saturated heterocycles. The van der Waals surface area contributed by atoms with E-state index in [9.17, 15) is 4.79 Å². The molecular formula is C13H28N2O2.